The SMILES string of the molecule is C[Si](C)(C)c1cc([Si](C)(C)C)c([Si](C)(C)C)cc1I(OS(=O)(=O)C(F)(F)F)c1ccccc1. The second kappa shape index (κ2) is 9.53. The van der Waals surface area contributed by atoms with Crippen LogP contribution >= 0.6 is 20.2 Å². The normalized spacial score (nSPS) is 14.4. The van der Waals surface area contributed by atoms with E-state index in [0.717, 1.165) is 5.19 Å². The first-order valence-corrected chi connectivity index (χ1v) is 25.6. The molecule has 0 radical (unpaired) electrons. The van der Waals surface area contributed by atoms with E-state index in [0.29, 0.717) is 7.14 Å². The zero-order valence-electron chi connectivity index (χ0n) is 20.7. The Labute approximate surface area is 207 Å². The van der Waals surface area contributed by atoms with Crippen molar-refractivity contribution in [2.24, 2.45) is 0 Å². The Balaban J connectivity index is 2.98. The van der Waals surface area contributed by atoms with Gasteiger partial charge in [0, 0.05) is 0 Å². The van der Waals surface area contributed by atoms with Gasteiger partial charge in [0.1, 0.15) is 0 Å². The van der Waals surface area contributed by atoms with Crippen molar-refractivity contribution in [1.82, 2.24) is 0 Å². The zero-order valence-corrected chi connectivity index (χ0v) is 26.7. The summed E-state index contributed by atoms with van der Waals surface area (Å²) >= 11 is -3.46. The van der Waals surface area contributed by atoms with Gasteiger partial charge in [0.25, 0.3) is 0 Å². The molecule has 0 atom stereocenters. The molecule has 0 spiro atoms. The Kier molecular flexibility index (Phi) is 8.30. The van der Waals surface area contributed by atoms with E-state index >= 15 is 0 Å². The average molecular weight is 647 g/mol. The molecule has 0 saturated heterocycles. The van der Waals surface area contributed by atoms with Crippen LogP contribution < -0.4 is 15.6 Å². The van der Waals surface area contributed by atoms with Gasteiger partial charge in [-0.25, -0.2) is 0 Å². The average Bonchev–Trinajstić information content (AvgIpc) is 2.62. The third kappa shape index (κ3) is 6.81. The Morgan fingerprint density at radius 1 is 0.727 bits per heavy atom. The predicted octanol–water partition coefficient (Wildman–Crippen LogP) is 5.65. The maximum absolute atomic E-state index is 13.4. The summed E-state index contributed by atoms with van der Waals surface area (Å²) in [5, 5.41) is 3.53. The number of halogens is 4. The molecule has 3 nitrogen and oxygen atoms in total. The van der Waals surface area contributed by atoms with E-state index in [1.54, 1.807) is 30.3 Å². The van der Waals surface area contributed by atoms with Gasteiger partial charge in [-0.3, -0.25) is 0 Å². The molecule has 2 aromatic carbocycles. The second-order valence-corrected chi connectivity index (χ2v) is 32.7. The summed E-state index contributed by atoms with van der Waals surface area (Å²) in [6, 6.07) is 12.8. The molecule has 186 valence electrons. The number of hydrogen-bond acceptors (Lipinski definition) is 3. The van der Waals surface area contributed by atoms with Crippen molar-refractivity contribution in [3.8, 4) is 0 Å². The van der Waals surface area contributed by atoms with Crippen molar-refractivity contribution in [3.63, 3.8) is 0 Å². The molecule has 0 aliphatic carbocycles. The maximum atomic E-state index is 13.4. The van der Waals surface area contributed by atoms with Gasteiger partial charge < -0.3 is 0 Å². The summed E-state index contributed by atoms with van der Waals surface area (Å²) < 4.78 is 70.9. The quantitative estimate of drug-likeness (QED) is 0.222. The van der Waals surface area contributed by atoms with Gasteiger partial charge >= 0.3 is 208 Å². The number of alkyl halides is 3. The van der Waals surface area contributed by atoms with Crippen LogP contribution in [0.25, 0.3) is 0 Å². The minimum atomic E-state index is -5.74. The van der Waals surface area contributed by atoms with Gasteiger partial charge in [-0.1, -0.05) is 0 Å². The Hall–Kier alpha value is -0.479. The van der Waals surface area contributed by atoms with Crippen LogP contribution in [0.15, 0.2) is 42.5 Å². The molecule has 33 heavy (non-hydrogen) atoms. The van der Waals surface area contributed by atoms with Crippen molar-refractivity contribution in [3.05, 3.63) is 49.6 Å². The minimum absolute atomic E-state index is 0.538. The van der Waals surface area contributed by atoms with E-state index in [1.807, 2.05) is 6.07 Å². The van der Waals surface area contributed by atoms with Crippen LogP contribution in [0.4, 0.5) is 13.2 Å². The van der Waals surface area contributed by atoms with E-state index in [-0.39, 0.29) is 0 Å². The van der Waals surface area contributed by atoms with Crippen molar-refractivity contribution in [1.29, 1.82) is 0 Å². The van der Waals surface area contributed by atoms with Crippen LogP contribution in [0.5, 0.6) is 0 Å². The van der Waals surface area contributed by atoms with E-state index < -0.39 is 60.1 Å². The summed E-state index contributed by atoms with van der Waals surface area (Å²) in [6.45, 7) is 19.9. The molecule has 0 aromatic heterocycles. The molecule has 0 amide bonds. The van der Waals surface area contributed by atoms with Crippen LogP contribution in [-0.4, -0.2) is 38.1 Å². The number of rotatable bonds is 7. The van der Waals surface area contributed by atoms with Crippen molar-refractivity contribution in [2.75, 3.05) is 0 Å². The van der Waals surface area contributed by atoms with Crippen LogP contribution in [0, 0.1) is 7.14 Å². The van der Waals surface area contributed by atoms with Gasteiger partial charge in [-0.15, -0.1) is 0 Å². The van der Waals surface area contributed by atoms with Crippen LogP contribution in [0.1, 0.15) is 0 Å². The van der Waals surface area contributed by atoms with E-state index in [2.05, 4.69) is 65.0 Å². The number of benzene rings is 2. The first-order chi connectivity index (χ1) is 14.7. The van der Waals surface area contributed by atoms with Crippen LogP contribution in [0.2, 0.25) is 58.9 Å². The standard InChI is InChI=1S/C22H34F3IO3SSi3/c1-31(2,3)19-16-21(33(7,8)9)20(32(4,5)6)15-18(19)26(17-13-11-10-12-14-17)29-30(27,28)22(23,24)25/h10-16H,1-9H3. The fraction of sp³-hybridized carbons (Fsp3) is 0.455. The summed E-state index contributed by atoms with van der Waals surface area (Å²) in [5.74, 6) is 0. The molecule has 0 aliphatic heterocycles. The first-order valence-electron chi connectivity index (χ1n) is 10.6. The third-order valence-corrected chi connectivity index (χ3v) is 19.1. The third-order valence-electron chi connectivity index (χ3n) is 5.08. The summed E-state index contributed by atoms with van der Waals surface area (Å²) in [5.41, 5.74) is -5.46. The number of hydrogen-bond donors (Lipinski definition) is 0. The van der Waals surface area contributed by atoms with Crippen molar-refractivity contribution >= 4 is 70.1 Å². The Morgan fingerprint density at radius 3 is 1.55 bits per heavy atom. The Morgan fingerprint density at radius 2 is 1.15 bits per heavy atom. The van der Waals surface area contributed by atoms with Crippen molar-refractivity contribution in [2.45, 2.75) is 64.4 Å². The molecule has 2 rings (SSSR count). The Bertz CT molecular complexity index is 1100. The fourth-order valence-corrected chi connectivity index (χ4v) is 20.0. The molecule has 0 heterocycles. The van der Waals surface area contributed by atoms with Crippen LogP contribution in [0.3, 0.4) is 0 Å². The molecular weight excluding hydrogens is 612 g/mol. The summed E-state index contributed by atoms with van der Waals surface area (Å²) in [4.78, 5) is 0. The summed E-state index contributed by atoms with van der Waals surface area (Å²) in [7, 11) is -11.5. The van der Waals surface area contributed by atoms with E-state index in [9.17, 15) is 21.6 Å². The zero-order chi connectivity index (χ0) is 25.6. The summed E-state index contributed by atoms with van der Waals surface area (Å²) in [6.07, 6.45) is 0. The van der Waals surface area contributed by atoms with Gasteiger partial charge in [-0.2, -0.15) is 0 Å². The second-order valence-electron chi connectivity index (χ2n) is 11.1. The fourth-order valence-electron chi connectivity index (χ4n) is 3.37. The molecule has 0 bridgehead atoms. The van der Waals surface area contributed by atoms with E-state index in [4.69, 9.17) is 2.51 Å². The molecule has 2 aromatic rings. The molecule has 11 heteroatoms. The van der Waals surface area contributed by atoms with E-state index in [1.165, 1.54) is 10.4 Å². The van der Waals surface area contributed by atoms with Gasteiger partial charge in [-0.05, 0) is 0 Å². The van der Waals surface area contributed by atoms with Gasteiger partial charge in [0.15, 0.2) is 0 Å². The van der Waals surface area contributed by atoms with Crippen molar-refractivity contribution < 1.29 is 24.1 Å². The molecule has 0 N–H and O–H groups in total. The molecule has 0 saturated carbocycles. The molecular formula is C22H34F3IO3SSi3. The van der Waals surface area contributed by atoms with Crippen LogP contribution in [-0.2, 0) is 12.6 Å². The monoisotopic (exact) mass is 646 g/mol. The van der Waals surface area contributed by atoms with Gasteiger partial charge in [0.2, 0.25) is 0 Å². The molecule has 0 aliphatic rings. The van der Waals surface area contributed by atoms with Gasteiger partial charge in [0.05, 0.1) is 0 Å². The molecule has 0 fully saturated rings. The first kappa shape index (κ1) is 28.8. The topological polar surface area (TPSA) is 43.4 Å². The predicted molar refractivity (Wildman–Crippen MR) is 149 cm³/mol. The molecule has 0 unspecified atom stereocenters.